The molecule has 0 nitrogen and oxygen atoms in total. The Kier molecular flexibility index (Phi) is 3.59. The van der Waals surface area contributed by atoms with E-state index in [2.05, 4.69) is 54.2 Å². The fourth-order valence-corrected chi connectivity index (χ4v) is 3.55. The molecule has 0 N–H and O–H groups in total. The average molecular weight is 342 g/mol. The van der Waals surface area contributed by atoms with Crippen molar-refractivity contribution in [2.75, 3.05) is 0 Å². The lowest BCUT2D eigenvalue weighted by molar-refractivity contribution is 1.36. The molecule has 0 atom stereocenters. The zero-order chi connectivity index (χ0) is 8.43. The van der Waals surface area contributed by atoms with Gasteiger partial charge in [0, 0.05) is 13.4 Å². The van der Waals surface area contributed by atoms with Crippen LogP contribution in [0.4, 0.5) is 0 Å². The van der Waals surface area contributed by atoms with Gasteiger partial charge in [0.15, 0.2) is 0 Å². The molecule has 0 unspecified atom stereocenters. The van der Waals surface area contributed by atoms with E-state index in [0.29, 0.717) is 0 Å². The summed E-state index contributed by atoms with van der Waals surface area (Å²) in [4.78, 5) is 0. The lowest BCUT2D eigenvalue weighted by Gasteiger charge is -2.04. The molecule has 3 heteroatoms. The number of hydrogen-bond donors (Lipinski definition) is 0. The van der Waals surface area contributed by atoms with Crippen LogP contribution in [0.15, 0.2) is 25.6 Å². The third-order valence-electron chi connectivity index (χ3n) is 1.33. The summed E-state index contributed by atoms with van der Waals surface area (Å²) in [6, 6.07) is 4.06. The monoisotopic (exact) mass is 339 g/mol. The van der Waals surface area contributed by atoms with Crippen LogP contribution in [0.3, 0.4) is 0 Å². The first-order chi connectivity index (χ1) is 5.15. The number of benzene rings is 1. The summed E-state index contributed by atoms with van der Waals surface area (Å²) in [5, 5.41) is 0. The number of hydrogen-bond acceptors (Lipinski definition) is 0. The van der Waals surface area contributed by atoms with Crippen LogP contribution in [0.2, 0.25) is 0 Å². The molecule has 0 saturated carbocycles. The minimum absolute atomic E-state index is 1.07. The Bertz CT molecular complexity index is 245. The van der Waals surface area contributed by atoms with Crippen LogP contribution >= 0.6 is 47.8 Å². The molecule has 1 aromatic carbocycles. The fraction of sp³-hybridized carbons (Fsp3) is 0.125. The van der Waals surface area contributed by atoms with Crippen molar-refractivity contribution < 1.29 is 0 Å². The Balaban J connectivity index is 3.25. The van der Waals surface area contributed by atoms with E-state index >= 15 is 0 Å². The van der Waals surface area contributed by atoms with Crippen molar-refractivity contribution in [1.82, 2.24) is 0 Å². The molecule has 0 saturated heterocycles. The number of rotatable bonds is 1. The van der Waals surface area contributed by atoms with Crippen LogP contribution in [0.25, 0.3) is 0 Å². The molecule has 0 bridgehead atoms. The Morgan fingerprint density at radius 3 is 1.91 bits per heavy atom. The summed E-state index contributed by atoms with van der Waals surface area (Å²) < 4.78 is 3.27. The van der Waals surface area contributed by atoms with Gasteiger partial charge in [-0.25, -0.2) is 0 Å². The Morgan fingerprint density at radius 2 is 1.55 bits per heavy atom. The summed E-state index contributed by atoms with van der Waals surface area (Å²) in [6.07, 6.45) is 2.06. The van der Waals surface area contributed by atoms with E-state index in [9.17, 15) is 0 Å². The molecule has 59 valence electrons. The van der Waals surface area contributed by atoms with Crippen LogP contribution in [0.5, 0.6) is 0 Å². The Hall–Kier alpha value is 0.660. The number of halogens is 3. The highest BCUT2D eigenvalue weighted by Crippen LogP contribution is 2.30. The van der Waals surface area contributed by atoms with Gasteiger partial charge < -0.3 is 0 Å². The molecular formula is C8H6Br3. The minimum atomic E-state index is 1.07. The predicted octanol–water partition coefficient (Wildman–Crippen LogP) is 4.55. The van der Waals surface area contributed by atoms with Crippen molar-refractivity contribution in [2.24, 2.45) is 0 Å². The summed E-state index contributed by atoms with van der Waals surface area (Å²) in [5.74, 6) is 0. The molecule has 11 heavy (non-hydrogen) atoms. The molecule has 1 aromatic rings. The summed E-state index contributed by atoms with van der Waals surface area (Å²) in [7, 11) is 0. The molecule has 0 spiro atoms. The zero-order valence-corrected chi connectivity index (χ0v) is 10.6. The molecule has 0 fully saturated rings. The van der Waals surface area contributed by atoms with Crippen LogP contribution in [-0.4, -0.2) is 0 Å². The summed E-state index contributed by atoms with van der Waals surface area (Å²) in [5.41, 5.74) is 1.19. The molecule has 1 rings (SSSR count). The van der Waals surface area contributed by atoms with Crippen LogP contribution < -0.4 is 0 Å². The van der Waals surface area contributed by atoms with Crippen LogP contribution in [0, 0.1) is 6.42 Å². The van der Waals surface area contributed by atoms with Crippen LogP contribution in [-0.2, 0) is 0 Å². The molecule has 0 aliphatic heterocycles. The van der Waals surface area contributed by atoms with Crippen LogP contribution in [0.1, 0.15) is 12.5 Å². The summed E-state index contributed by atoms with van der Waals surface area (Å²) >= 11 is 10.3. The van der Waals surface area contributed by atoms with Crippen molar-refractivity contribution in [1.29, 1.82) is 0 Å². The van der Waals surface area contributed by atoms with E-state index in [1.54, 1.807) is 0 Å². The standard InChI is InChI=1S/C8H6Br3/c1-2-6-7(10)3-5(9)4-8(6)11/h2-4H,1H3. The lowest BCUT2D eigenvalue weighted by atomic mass is 10.2. The van der Waals surface area contributed by atoms with Crippen molar-refractivity contribution in [3.05, 3.63) is 37.5 Å². The first-order valence-corrected chi connectivity index (χ1v) is 5.47. The fourth-order valence-electron chi connectivity index (χ4n) is 0.829. The topological polar surface area (TPSA) is 0 Å². The van der Waals surface area contributed by atoms with Gasteiger partial charge in [-0.2, -0.15) is 0 Å². The average Bonchev–Trinajstić information content (AvgIpc) is 1.85. The zero-order valence-electron chi connectivity index (χ0n) is 5.87. The first kappa shape index (κ1) is 9.75. The van der Waals surface area contributed by atoms with Gasteiger partial charge in [0.2, 0.25) is 0 Å². The maximum absolute atomic E-state index is 3.47. The quantitative estimate of drug-likeness (QED) is 0.703. The second-order valence-electron chi connectivity index (χ2n) is 2.07. The van der Waals surface area contributed by atoms with E-state index in [1.165, 1.54) is 5.56 Å². The van der Waals surface area contributed by atoms with Gasteiger partial charge in [0.1, 0.15) is 0 Å². The van der Waals surface area contributed by atoms with Gasteiger partial charge in [-0.15, -0.1) is 0 Å². The van der Waals surface area contributed by atoms with Gasteiger partial charge in [0.05, 0.1) is 0 Å². The minimum Gasteiger partial charge on any atom is -0.0578 e. The lowest BCUT2D eigenvalue weighted by Crippen LogP contribution is -1.82. The van der Waals surface area contributed by atoms with Gasteiger partial charge in [-0.3, -0.25) is 0 Å². The highest BCUT2D eigenvalue weighted by atomic mass is 79.9. The summed E-state index contributed by atoms with van der Waals surface area (Å²) in [6.45, 7) is 2.01. The SMILES string of the molecule is C[CH]c1c(Br)cc(Br)cc1Br. The third-order valence-corrected chi connectivity index (χ3v) is 3.10. The van der Waals surface area contributed by atoms with Crippen molar-refractivity contribution in [2.45, 2.75) is 6.92 Å². The van der Waals surface area contributed by atoms with Gasteiger partial charge in [-0.05, 0) is 24.1 Å². The maximum Gasteiger partial charge on any atom is 0.0232 e. The third kappa shape index (κ3) is 2.30. The van der Waals surface area contributed by atoms with Crippen molar-refractivity contribution >= 4 is 47.8 Å². The van der Waals surface area contributed by atoms with E-state index in [1.807, 2.05) is 19.1 Å². The molecular weight excluding hydrogens is 336 g/mol. The van der Waals surface area contributed by atoms with Crippen molar-refractivity contribution in [3.63, 3.8) is 0 Å². The van der Waals surface area contributed by atoms with Gasteiger partial charge in [0.25, 0.3) is 0 Å². The molecule has 0 aliphatic carbocycles. The van der Waals surface area contributed by atoms with Crippen molar-refractivity contribution in [3.8, 4) is 0 Å². The van der Waals surface area contributed by atoms with Gasteiger partial charge in [-0.1, -0.05) is 54.7 Å². The molecule has 0 heterocycles. The second-order valence-corrected chi connectivity index (χ2v) is 4.70. The smallest absolute Gasteiger partial charge is 0.0232 e. The highest BCUT2D eigenvalue weighted by Gasteiger charge is 2.03. The molecule has 0 aromatic heterocycles. The molecule has 0 aliphatic rings. The van der Waals surface area contributed by atoms with Gasteiger partial charge >= 0.3 is 0 Å². The second kappa shape index (κ2) is 4.06. The van der Waals surface area contributed by atoms with E-state index in [4.69, 9.17) is 0 Å². The van der Waals surface area contributed by atoms with E-state index < -0.39 is 0 Å². The molecule has 1 radical (unpaired) electrons. The maximum atomic E-state index is 3.47. The van der Waals surface area contributed by atoms with E-state index in [0.717, 1.165) is 13.4 Å². The first-order valence-electron chi connectivity index (χ1n) is 3.09. The Morgan fingerprint density at radius 1 is 1.09 bits per heavy atom. The highest BCUT2D eigenvalue weighted by molar-refractivity contribution is 9.11. The predicted molar refractivity (Wildman–Crippen MR) is 58.6 cm³/mol. The normalized spacial score (nSPS) is 10.2. The largest absolute Gasteiger partial charge is 0.0578 e. The Labute approximate surface area is 91.8 Å². The van der Waals surface area contributed by atoms with E-state index in [-0.39, 0.29) is 0 Å². The molecule has 0 amide bonds.